The minimum absolute atomic E-state index is 0.177. The molecule has 1 aromatic carbocycles. The molecule has 3 N–H and O–H groups in total. The van der Waals surface area contributed by atoms with E-state index in [-0.39, 0.29) is 12.3 Å². The normalized spacial score (nSPS) is 10.9. The van der Waals surface area contributed by atoms with E-state index in [1.54, 1.807) is 25.1 Å². The number of hydrogen-bond donors (Lipinski definition) is 3. The third kappa shape index (κ3) is 4.05. The van der Waals surface area contributed by atoms with Crippen molar-refractivity contribution in [3.63, 3.8) is 0 Å². The van der Waals surface area contributed by atoms with E-state index >= 15 is 0 Å². The van der Waals surface area contributed by atoms with E-state index in [1.807, 2.05) is 0 Å². The lowest BCUT2D eigenvalue weighted by Gasteiger charge is -2.19. The van der Waals surface area contributed by atoms with Crippen molar-refractivity contribution in [3.05, 3.63) is 29.3 Å². The van der Waals surface area contributed by atoms with Gasteiger partial charge in [0.1, 0.15) is 0 Å². The molecule has 1 aromatic rings. The predicted molar refractivity (Wildman–Crippen MR) is 79.2 cm³/mol. The van der Waals surface area contributed by atoms with Crippen LogP contribution in [-0.2, 0) is 9.59 Å². The number of anilines is 1. The van der Waals surface area contributed by atoms with Crippen molar-refractivity contribution in [2.45, 2.75) is 27.2 Å². The van der Waals surface area contributed by atoms with Crippen molar-refractivity contribution >= 4 is 23.5 Å². The molecular formula is C15H20N2O4. The van der Waals surface area contributed by atoms with Gasteiger partial charge in [-0.15, -0.1) is 0 Å². The zero-order valence-electron chi connectivity index (χ0n) is 12.6. The summed E-state index contributed by atoms with van der Waals surface area (Å²) in [4.78, 5) is 34.9. The number of carboxylic acids is 1. The van der Waals surface area contributed by atoms with Crippen molar-refractivity contribution in [1.82, 2.24) is 5.32 Å². The molecule has 0 radical (unpaired) electrons. The molecule has 0 aliphatic carbocycles. The van der Waals surface area contributed by atoms with Gasteiger partial charge in [-0.25, -0.2) is 0 Å². The van der Waals surface area contributed by atoms with Crippen LogP contribution in [0.25, 0.3) is 0 Å². The highest BCUT2D eigenvalue weighted by Gasteiger charge is 2.30. The van der Waals surface area contributed by atoms with Crippen LogP contribution in [0, 0.1) is 12.3 Å². The van der Waals surface area contributed by atoms with Crippen LogP contribution in [0.1, 0.15) is 36.2 Å². The summed E-state index contributed by atoms with van der Waals surface area (Å²) in [6.45, 7) is 4.72. The van der Waals surface area contributed by atoms with Gasteiger partial charge >= 0.3 is 5.97 Å². The van der Waals surface area contributed by atoms with Crippen molar-refractivity contribution in [2.75, 3.05) is 12.4 Å². The van der Waals surface area contributed by atoms with Gasteiger partial charge in [-0.05, 0) is 32.4 Å². The minimum atomic E-state index is -1.17. The summed E-state index contributed by atoms with van der Waals surface area (Å²) in [5.74, 6) is -1.80. The summed E-state index contributed by atoms with van der Waals surface area (Å²) in [5, 5.41) is 14.2. The molecule has 6 heteroatoms. The van der Waals surface area contributed by atoms with Gasteiger partial charge in [-0.3, -0.25) is 14.4 Å². The van der Waals surface area contributed by atoms with Gasteiger partial charge in [0, 0.05) is 13.5 Å². The van der Waals surface area contributed by atoms with E-state index in [1.165, 1.54) is 20.9 Å². The van der Waals surface area contributed by atoms with Crippen LogP contribution in [0.4, 0.5) is 5.69 Å². The maximum absolute atomic E-state index is 12.0. The van der Waals surface area contributed by atoms with Crippen molar-refractivity contribution < 1.29 is 19.5 Å². The lowest BCUT2D eigenvalue weighted by atomic mass is 9.89. The van der Waals surface area contributed by atoms with Gasteiger partial charge < -0.3 is 15.7 Å². The lowest BCUT2D eigenvalue weighted by Crippen LogP contribution is -2.30. The van der Waals surface area contributed by atoms with E-state index in [9.17, 15) is 14.4 Å². The fraction of sp³-hybridized carbons (Fsp3) is 0.400. The predicted octanol–water partition coefficient (Wildman–Crippen LogP) is 1.79. The van der Waals surface area contributed by atoms with E-state index in [4.69, 9.17) is 5.11 Å². The average Bonchev–Trinajstić information content (AvgIpc) is 2.37. The first-order chi connectivity index (χ1) is 9.69. The lowest BCUT2D eigenvalue weighted by molar-refractivity contribution is -0.148. The Hall–Kier alpha value is -2.37. The summed E-state index contributed by atoms with van der Waals surface area (Å²) in [7, 11) is 1.51. The average molecular weight is 292 g/mol. The van der Waals surface area contributed by atoms with Gasteiger partial charge in [0.25, 0.3) is 5.91 Å². The highest BCUT2D eigenvalue weighted by molar-refractivity contribution is 6.05. The SMILES string of the molecule is CNC(=O)c1c(C)cccc1NC(=O)CC(C)(C)C(=O)O. The van der Waals surface area contributed by atoms with Gasteiger partial charge in [-0.2, -0.15) is 0 Å². The van der Waals surface area contributed by atoms with Crippen LogP contribution in [-0.4, -0.2) is 29.9 Å². The number of nitrogens with one attached hydrogen (secondary N) is 2. The van der Waals surface area contributed by atoms with Crippen LogP contribution in [0.5, 0.6) is 0 Å². The molecule has 0 atom stereocenters. The first kappa shape index (κ1) is 16.7. The van der Waals surface area contributed by atoms with Crippen molar-refractivity contribution in [3.8, 4) is 0 Å². The van der Waals surface area contributed by atoms with E-state index in [0.717, 1.165) is 5.56 Å². The largest absolute Gasteiger partial charge is 0.481 e. The molecule has 0 fully saturated rings. The first-order valence-electron chi connectivity index (χ1n) is 6.54. The molecule has 2 amide bonds. The van der Waals surface area contributed by atoms with E-state index < -0.39 is 17.3 Å². The fourth-order valence-corrected chi connectivity index (χ4v) is 1.87. The number of aryl methyl sites for hydroxylation is 1. The molecule has 21 heavy (non-hydrogen) atoms. The topological polar surface area (TPSA) is 95.5 Å². The Morgan fingerprint density at radius 1 is 1.24 bits per heavy atom. The fourth-order valence-electron chi connectivity index (χ4n) is 1.87. The van der Waals surface area contributed by atoms with Crippen molar-refractivity contribution in [1.29, 1.82) is 0 Å². The van der Waals surface area contributed by atoms with E-state index in [2.05, 4.69) is 10.6 Å². The Morgan fingerprint density at radius 3 is 2.38 bits per heavy atom. The Morgan fingerprint density at radius 2 is 1.86 bits per heavy atom. The van der Waals surface area contributed by atoms with E-state index in [0.29, 0.717) is 11.3 Å². The zero-order chi connectivity index (χ0) is 16.2. The quantitative estimate of drug-likeness (QED) is 0.771. The molecule has 0 aliphatic rings. The molecule has 6 nitrogen and oxygen atoms in total. The number of amides is 2. The third-order valence-electron chi connectivity index (χ3n) is 3.18. The number of aliphatic carboxylic acids is 1. The first-order valence-corrected chi connectivity index (χ1v) is 6.54. The Labute approximate surface area is 123 Å². The van der Waals surface area contributed by atoms with Crippen LogP contribution in [0.3, 0.4) is 0 Å². The summed E-state index contributed by atoms with van der Waals surface area (Å²) >= 11 is 0. The van der Waals surface area contributed by atoms with Gasteiger partial charge in [-0.1, -0.05) is 12.1 Å². The summed E-state index contributed by atoms with van der Waals surface area (Å²) < 4.78 is 0. The molecule has 0 spiro atoms. The van der Waals surface area contributed by atoms with Crippen molar-refractivity contribution in [2.24, 2.45) is 5.41 Å². The van der Waals surface area contributed by atoms with Crippen LogP contribution in [0.15, 0.2) is 18.2 Å². The second-order valence-corrected chi connectivity index (χ2v) is 5.49. The molecule has 0 saturated carbocycles. The number of benzene rings is 1. The molecule has 1 rings (SSSR count). The standard InChI is InChI=1S/C15H20N2O4/c1-9-6-5-7-10(12(9)13(19)16-4)17-11(18)8-15(2,3)14(20)21/h5-7H,8H2,1-4H3,(H,16,19)(H,17,18)(H,20,21). The molecule has 0 heterocycles. The number of rotatable bonds is 5. The molecular weight excluding hydrogens is 272 g/mol. The Balaban J connectivity index is 2.99. The maximum Gasteiger partial charge on any atom is 0.309 e. The molecule has 0 unspecified atom stereocenters. The second-order valence-electron chi connectivity index (χ2n) is 5.49. The van der Waals surface area contributed by atoms with Gasteiger partial charge in [0.2, 0.25) is 5.91 Å². The molecule has 0 saturated heterocycles. The van der Waals surface area contributed by atoms with Gasteiger partial charge in [0.05, 0.1) is 16.7 Å². The summed E-state index contributed by atoms with van der Waals surface area (Å²) in [6.07, 6.45) is -0.177. The second kappa shape index (κ2) is 6.39. The van der Waals surface area contributed by atoms with Crippen LogP contribution >= 0.6 is 0 Å². The summed E-state index contributed by atoms with van der Waals surface area (Å²) in [5.41, 5.74) is 0.313. The zero-order valence-corrected chi connectivity index (χ0v) is 12.6. The highest BCUT2D eigenvalue weighted by Crippen LogP contribution is 2.24. The maximum atomic E-state index is 12.0. The summed E-state index contributed by atoms with van der Waals surface area (Å²) in [6, 6.07) is 5.10. The Bertz CT molecular complexity index is 579. The van der Waals surface area contributed by atoms with Crippen LogP contribution in [0.2, 0.25) is 0 Å². The molecule has 0 aliphatic heterocycles. The number of carboxylic acid groups (broad SMARTS) is 1. The number of hydrogen-bond acceptors (Lipinski definition) is 3. The Kier molecular flexibility index (Phi) is 5.07. The third-order valence-corrected chi connectivity index (χ3v) is 3.18. The van der Waals surface area contributed by atoms with Crippen LogP contribution < -0.4 is 10.6 Å². The molecule has 0 aromatic heterocycles. The van der Waals surface area contributed by atoms with Gasteiger partial charge in [0.15, 0.2) is 0 Å². The monoisotopic (exact) mass is 292 g/mol. The molecule has 0 bridgehead atoms. The minimum Gasteiger partial charge on any atom is -0.481 e. The molecule has 114 valence electrons. The smallest absolute Gasteiger partial charge is 0.309 e. The highest BCUT2D eigenvalue weighted by atomic mass is 16.4. The number of carbonyl (C=O) groups is 3. The number of carbonyl (C=O) groups excluding carboxylic acids is 2.